The first kappa shape index (κ1) is 14.2. The van der Waals surface area contributed by atoms with Gasteiger partial charge in [0.1, 0.15) is 6.61 Å². The van der Waals surface area contributed by atoms with Crippen molar-refractivity contribution in [2.45, 2.75) is 6.92 Å². The first-order chi connectivity index (χ1) is 9.70. The fourth-order valence-corrected chi connectivity index (χ4v) is 1.62. The summed E-state index contributed by atoms with van der Waals surface area (Å²) in [6.07, 6.45) is 0. The quantitative estimate of drug-likeness (QED) is 0.762. The third-order valence-electron chi connectivity index (χ3n) is 2.45. The van der Waals surface area contributed by atoms with Gasteiger partial charge in [-0.25, -0.2) is 0 Å². The maximum Gasteiger partial charge on any atom is 0.260 e. The van der Waals surface area contributed by atoms with Gasteiger partial charge in [-0.15, -0.1) is 0 Å². The molecule has 0 spiro atoms. The minimum atomic E-state index is -0.262. The second kappa shape index (κ2) is 6.78. The van der Waals surface area contributed by atoms with Gasteiger partial charge in [-0.05, 0) is 19.1 Å². The van der Waals surface area contributed by atoms with E-state index in [9.17, 15) is 4.79 Å². The predicted molar refractivity (Wildman–Crippen MR) is 73.0 cm³/mol. The van der Waals surface area contributed by atoms with E-state index >= 15 is 0 Å². The minimum Gasteiger partial charge on any atom is -0.370 e. The molecule has 7 nitrogen and oxygen atoms in total. The van der Waals surface area contributed by atoms with Crippen LogP contribution in [0.25, 0.3) is 11.5 Å². The van der Waals surface area contributed by atoms with Crippen molar-refractivity contribution in [2.24, 2.45) is 5.73 Å². The second-order valence-corrected chi connectivity index (χ2v) is 4.08. The Balaban J connectivity index is 2.10. The Morgan fingerprint density at radius 2 is 2.25 bits per heavy atom. The third kappa shape index (κ3) is 3.62. The molecule has 1 heterocycles. The highest BCUT2D eigenvalue weighted by Gasteiger charge is 2.13. The van der Waals surface area contributed by atoms with Gasteiger partial charge < -0.3 is 20.3 Å². The molecule has 0 radical (unpaired) electrons. The van der Waals surface area contributed by atoms with E-state index < -0.39 is 0 Å². The van der Waals surface area contributed by atoms with Crippen LogP contribution in [0.5, 0.6) is 0 Å². The van der Waals surface area contributed by atoms with Gasteiger partial charge in [0.15, 0.2) is 5.82 Å². The number of ether oxygens (including phenoxy) is 1. The minimum absolute atomic E-state index is 0.0472. The number of nitrogens with zero attached hydrogens (tertiary/aromatic N) is 2. The number of aryl methyl sites for hydroxylation is 1. The molecule has 0 saturated heterocycles. The number of rotatable bonds is 6. The Morgan fingerprint density at radius 3 is 2.95 bits per heavy atom. The van der Waals surface area contributed by atoms with Gasteiger partial charge in [0.05, 0.1) is 17.9 Å². The molecular weight excluding hydrogens is 260 g/mol. The summed E-state index contributed by atoms with van der Waals surface area (Å²) in [5, 5.41) is 6.48. The molecule has 1 aromatic carbocycles. The number of amides is 1. The molecule has 7 heteroatoms. The van der Waals surface area contributed by atoms with Crippen LogP contribution in [0.1, 0.15) is 5.82 Å². The normalized spacial score (nSPS) is 10.5. The molecule has 1 amide bonds. The van der Waals surface area contributed by atoms with Crippen molar-refractivity contribution in [2.75, 3.05) is 25.1 Å². The number of nitrogens with two attached hydrogens (primary N) is 1. The van der Waals surface area contributed by atoms with Crippen LogP contribution in [0.4, 0.5) is 5.69 Å². The second-order valence-electron chi connectivity index (χ2n) is 4.08. The Hall–Kier alpha value is -2.25. The Bertz CT molecular complexity index is 583. The summed E-state index contributed by atoms with van der Waals surface area (Å²) < 4.78 is 10.2. The first-order valence-electron chi connectivity index (χ1n) is 6.18. The van der Waals surface area contributed by atoms with Crippen molar-refractivity contribution < 1.29 is 14.1 Å². The van der Waals surface area contributed by atoms with E-state index in [0.29, 0.717) is 36.1 Å². The van der Waals surface area contributed by atoms with E-state index in [1.165, 1.54) is 0 Å². The molecule has 0 saturated carbocycles. The summed E-state index contributed by atoms with van der Waals surface area (Å²) in [6.45, 7) is 2.41. The van der Waals surface area contributed by atoms with Crippen LogP contribution in [-0.2, 0) is 9.53 Å². The van der Waals surface area contributed by atoms with E-state index in [2.05, 4.69) is 15.5 Å². The summed E-state index contributed by atoms with van der Waals surface area (Å²) in [5.41, 5.74) is 6.55. The average molecular weight is 276 g/mol. The van der Waals surface area contributed by atoms with E-state index in [4.69, 9.17) is 15.0 Å². The van der Waals surface area contributed by atoms with Crippen LogP contribution in [-0.4, -0.2) is 35.8 Å². The van der Waals surface area contributed by atoms with Crippen LogP contribution in [0.15, 0.2) is 28.8 Å². The Morgan fingerprint density at radius 1 is 1.45 bits per heavy atom. The van der Waals surface area contributed by atoms with Gasteiger partial charge >= 0.3 is 0 Å². The lowest BCUT2D eigenvalue weighted by molar-refractivity contribution is -0.120. The molecule has 2 aromatic rings. The predicted octanol–water partition coefficient (Wildman–Crippen LogP) is 0.959. The zero-order valence-corrected chi connectivity index (χ0v) is 11.1. The summed E-state index contributed by atoms with van der Waals surface area (Å²) in [4.78, 5) is 15.9. The lowest BCUT2D eigenvalue weighted by atomic mass is 10.1. The number of nitrogens with one attached hydrogen (secondary N) is 1. The highest BCUT2D eigenvalue weighted by molar-refractivity contribution is 5.95. The lowest BCUT2D eigenvalue weighted by Crippen LogP contribution is -2.21. The molecule has 20 heavy (non-hydrogen) atoms. The maximum absolute atomic E-state index is 11.7. The van der Waals surface area contributed by atoms with Gasteiger partial charge in [0.25, 0.3) is 5.89 Å². The van der Waals surface area contributed by atoms with Crippen LogP contribution < -0.4 is 11.1 Å². The molecule has 106 valence electrons. The SMILES string of the molecule is Cc1noc(-c2ccccc2NC(=O)COCCN)n1. The fourth-order valence-electron chi connectivity index (χ4n) is 1.62. The van der Waals surface area contributed by atoms with Crippen LogP contribution in [0.3, 0.4) is 0 Å². The molecule has 0 bridgehead atoms. The van der Waals surface area contributed by atoms with Gasteiger partial charge in [0, 0.05) is 6.54 Å². The number of carbonyl (C=O) groups excluding carboxylic acids is 1. The number of carbonyl (C=O) groups is 1. The average Bonchev–Trinajstić information content (AvgIpc) is 2.86. The van der Waals surface area contributed by atoms with E-state index in [-0.39, 0.29) is 12.5 Å². The first-order valence-corrected chi connectivity index (χ1v) is 6.18. The number of anilines is 1. The summed E-state index contributed by atoms with van der Waals surface area (Å²) in [7, 11) is 0. The number of para-hydroxylation sites is 1. The van der Waals surface area contributed by atoms with Gasteiger partial charge in [0.2, 0.25) is 5.91 Å². The van der Waals surface area contributed by atoms with Crippen molar-refractivity contribution in [3.8, 4) is 11.5 Å². The molecule has 2 rings (SSSR count). The van der Waals surface area contributed by atoms with Gasteiger partial charge in [-0.1, -0.05) is 17.3 Å². The van der Waals surface area contributed by atoms with Crippen molar-refractivity contribution >= 4 is 11.6 Å². The van der Waals surface area contributed by atoms with Gasteiger partial charge in [-0.2, -0.15) is 4.98 Å². The van der Waals surface area contributed by atoms with Crippen LogP contribution in [0.2, 0.25) is 0 Å². The van der Waals surface area contributed by atoms with Crippen molar-refractivity contribution in [1.29, 1.82) is 0 Å². The molecule has 0 atom stereocenters. The van der Waals surface area contributed by atoms with E-state index in [1.807, 2.05) is 12.1 Å². The zero-order chi connectivity index (χ0) is 14.4. The van der Waals surface area contributed by atoms with E-state index in [1.54, 1.807) is 19.1 Å². The number of benzene rings is 1. The molecule has 0 aliphatic heterocycles. The highest BCUT2D eigenvalue weighted by atomic mass is 16.5. The monoisotopic (exact) mass is 276 g/mol. The number of aromatic nitrogens is 2. The van der Waals surface area contributed by atoms with Crippen molar-refractivity contribution in [3.05, 3.63) is 30.1 Å². The smallest absolute Gasteiger partial charge is 0.260 e. The summed E-state index contributed by atoms with van der Waals surface area (Å²) in [5.74, 6) is 0.635. The largest absolute Gasteiger partial charge is 0.370 e. The topological polar surface area (TPSA) is 103 Å². The number of hydrogen-bond donors (Lipinski definition) is 2. The van der Waals surface area contributed by atoms with Crippen molar-refractivity contribution in [1.82, 2.24) is 10.1 Å². The molecule has 0 aliphatic rings. The molecule has 0 aliphatic carbocycles. The molecule has 3 N–H and O–H groups in total. The van der Waals surface area contributed by atoms with Crippen molar-refractivity contribution in [3.63, 3.8) is 0 Å². The third-order valence-corrected chi connectivity index (χ3v) is 2.45. The molecule has 0 unspecified atom stereocenters. The lowest BCUT2D eigenvalue weighted by Gasteiger charge is -2.08. The Labute approximate surface area is 116 Å². The van der Waals surface area contributed by atoms with Crippen LogP contribution >= 0.6 is 0 Å². The maximum atomic E-state index is 11.7. The van der Waals surface area contributed by atoms with Crippen LogP contribution in [0, 0.1) is 6.92 Å². The van der Waals surface area contributed by atoms with E-state index in [0.717, 1.165) is 0 Å². The highest BCUT2D eigenvalue weighted by Crippen LogP contribution is 2.26. The summed E-state index contributed by atoms with van der Waals surface area (Å²) >= 11 is 0. The summed E-state index contributed by atoms with van der Waals surface area (Å²) in [6, 6.07) is 7.19. The standard InChI is InChI=1S/C13H16N4O3/c1-9-15-13(20-17-9)10-4-2-3-5-11(10)16-12(18)8-19-7-6-14/h2-5H,6-8,14H2,1H3,(H,16,18). The number of hydrogen-bond acceptors (Lipinski definition) is 6. The Kier molecular flexibility index (Phi) is 4.80. The molecule has 1 aromatic heterocycles. The van der Waals surface area contributed by atoms with Gasteiger partial charge in [-0.3, -0.25) is 4.79 Å². The fraction of sp³-hybridized carbons (Fsp3) is 0.308. The molecular formula is C13H16N4O3. The zero-order valence-electron chi connectivity index (χ0n) is 11.1. The molecule has 0 fully saturated rings.